The lowest BCUT2D eigenvalue weighted by Gasteiger charge is -2.37. The summed E-state index contributed by atoms with van der Waals surface area (Å²) in [5, 5.41) is 10.4. The minimum Gasteiger partial charge on any atom is -0.390 e. The van der Waals surface area contributed by atoms with Gasteiger partial charge >= 0.3 is 0 Å². The molecule has 1 aliphatic heterocycles. The predicted octanol–water partition coefficient (Wildman–Crippen LogP) is 2.82. The third-order valence-corrected chi connectivity index (χ3v) is 4.86. The summed E-state index contributed by atoms with van der Waals surface area (Å²) >= 11 is 0. The molecule has 3 nitrogen and oxygen atoms in total. The molecule has 19 heavy (non-hydrogen) atoms. The Morgan fingerprint density at radius 2 is 1.95 bits per heavy atom. The highest BCUT2D eigenvalue weighted by Crippen LogP contribution is 2.33. The highest BCUT2D eigenvalue weighted by Gasteiger charge is 2.32. The van der Waals surface area contributed by atoms with Gasteiger partial charge in [-0.25, -0.2) is 0 Å². The Labute approximate surface area is 118 Å². The van der Waals surface area contributed by atoms with Crippen LogP contribution in [0.3, 0.4) is 0 Å². The molecule has 1 atom stereocenters. The zero-order chi connectivity index (χ0) is 13.9. The van der Waals surface area contributed by atoms with Gasteiger partial charge in [0.25, 0.3) is 0 Å². The van der Waals surface area contributed by atoms with Crippen LogP contribution < -0.4 is 0 Å². The monoisotopic (exact) mass is 269 g/mol. The molecule has 2 fully saturated rings. The number of ether oxygens (including phenoxy) is 1. The average Bonchev–Trinajstić information content (AvgIpc) is 2.73. The van der Waals surface area contributed by atoms with Crippen molar-refractivity contribution in [3.05, 3.63) is 0 Å². The standard InChI is InChI=1S/C16H31NO2/c1-15(2)12-14(6-11-19-15)13-17(3)10-9-16(18)7-4-5-8-16/h14,18H,4-13H2,1-3H3. The van der Waals surface area contributed by atoms with Crippen LogP contribution in [0, 0.1) is 5.92 Å². The van der Waals surface area contributed by atoms with Crippen molar-refractivity contribution in [2.45, 2.75) is 70.0 Å². The van der Waals surface area contributed by atoms with Crippen LogP contribution in [0.1, 0.15) is 58.8 Å². The summed E-state index contributed by atoms with van der Waals surface area (Å²) in [7, 11) is 2.20. The minimum absolute atomic E-state index is 0.0490. The van der Waals surface area contributed by atoms with Gasteiger partial charge in [0.1, 0.15) is 0 Å². The smallest absolute Gasteiger partial charge is 0.0660 e. The predicted molar refractivity (Wildman–Crippen MR) is 78.3 cm³/mol. The number of hydrogen-bond donors (Lipinski definition) is 1. The second kappa shape index (κ2) is 6.11. The number of hydrogen-bond acceptors (Lipinski definition) is 3. The fraction of sp³-hybridized carbons (Fsp3) is 1.00. The van der Waals surface area contributed by atoms with Crippen molar-refractivity contribution in [3.8, 4) is 0 Å². The molecular weight excluding hydrogens is 238 g/mol. The van der Waals surface area contributed by atoms with E-state index in [0.717, 1.165) is 51.3 Å². The average molecular weight is 269 g/mol. The van der Waals surface area contributed by atoms with Crippen LogP contribution >= 0.6 is 0 Å². The molecule has 112 valence electrons. The molecule has 0 aromatic heterocycles. The van der Waals surface area contributed by atoms with Crippen molar-refractivity contribution in [2.75, 3.05) is 26.7 Å². The molecular formula is C16H31NO2. The van der Waals surface area contributed by atoms with Crippen LogP contribution in [0.2, 0.25) is 0 Å². The first kappa shape index (κ1) is 15.3. The quantitative estimate of drug-likeness (QED) is 0.833. The molecule has 0 bridgehead atoms. The first-order valence-electron chi connectivity index (χ1n) is 7.94. The SMILES string of the molecule is CN(CCC1(O)CCCC1)CC1CCOC(C)(C)C1. The molecule has 1 saturated carbocycles. The van der Waals surface area contributed by atoms with Gasteiger partial charge in [0.15, 0.2) is 0 Å². The van der Waals surface area contributed by atoms with Crippen LogP contribution in [0.5, 0.6) is 0 Å². The molecule has 3 heteroatoms. The van der Waals surface area contributed by atoms with E-state index in [4.69, 9.17) is 4.74 Å². The largest absolute Gasteiger partial charge is 0.390 e. The van der Waals surface area contributed by atoms with E-state index in [-0.39, 0.29) is 11.2 Å². The molecule has 0 aromatic carbocycles. The number of rotatable bonds is 5. The van der Waals surface area contributed by atoms with Crippen LogP contribution in [-0.2, 0) is 4.74 Å². The van der Waals surface area contributed by atoms with Gasteiger partial charge in [0, 0.05) is 19.7 Å². The Morgan fingerprint density at radius 1 is 1.26 bits per heavy atom. The van der Waals surface area contributed by atoms with Crippen LogP contribution in [0.15, 0.2) is 0 Å². The molecule has 2 aliphatic rings. The van der Waals surface area contributed by atoms with Gasteiger partial charge in [-0.05, 0) is 58.9 Å². The molecule has 1 unspecified atom stereocenters. The third kappa shape index (κ3) is 4.73. The first-order valence-corrected chi connectivity index (χ1v) is 7.94. The highest BCUT2D eigenvalue weighted by molar-refractivity contribution is 4.85. The van der Waals surface area contributed by atoms with E-state index >= 15 is 0 Å². The van der Waals surface area contributed by atoms with Gasteiger partial charge in [0.05, 0.1) is 11.2 Å². The lowest BCUT2D eigenvalue weighted by molar-refractivity contribution is -0.0766. The maximum Gasteiger partial charge on any atom is 0.0660 e. The van der Waals surface area contributed by atoms with Crippen molar-refractivity contribution >= 4 is 0 Å². The lowest BCUT2D eigenvalue weighted by Crippen LogP contribution is -2.39. The summed E-state index contributed by atoms with van der Waals surface area (Å²) in [5.41, 5.74) is -0.309. The normalized spacial score (nSPS) is 29.8. The number of aliphatic hydroxyl groups is 1. The maximum absolute atomic E-state index is 10.4. The van der Waals surface area contributed by atoms with Crippen molar-refractivity contribution in [1.29, 1.82) is 0 Å². The van der Waals surface area contributed by atoms with E-state index in [1.807, 2.05) is 0 Å². The third-order valence-electron chi connectivity index (χ3n) is 4.86. The van der Waals surface area contributed by atoms with Gasteiger partial charge in [0.2, 0.25) is 0 Å². The Morgan fingerprint density at radius 3 is 2.58 bits per heavy atom. The Bertz CT molecular complexity index is 284. The van der Waals surface area contributed by atoms with Crippen LogP contribution in [-0.4, -0.2) is 48.0 Å². The van der Waals surface area contributed by atoms with Crippen molar-refractivity contribution in [2.24, 2.45) is 5.92 Å². The maximum atomic E-state index is 10.4. The summed E-state index contributed by atoms with van der Waals surface area (Å²) in [6, 6.07) is 0. The molecule has 0 amide bonds. The van der Waals surface area contributed by atoms with Crippen molar-refractivity contribution < 1.29 is 9.84 Å². The van der Waals surface area contributed by atoms with E-state index in [9.17, 15) is 5.11 Å². The summed E-state index contributed by atoms with van der Waals surface area (Å²) in [6.07, 6.45) is 7.69. The summed E-state index contributed by atoms with van der Waals surface area (Å²) in [5.74, 6) is 0.743. The van der Waals surface area contributed by atoms with Gasteiger partial charge < -0.3 is 14.7 Å². The van der Waals surface area contributed by atoms with Gasteiger partial charge in [-0.2, -0.15) is 0 Å². The molecule has 1 aliphatic carbocycles. The topological polar surface area (TPSA) is 32.7 Å². The molecule has 2 rings (SSSR count). The number of nitrogens with zero attached hydrogens (tertiary/aromatic N) is 1. The zero-order valence-electron chi connectivity index (χ0n) is 13.0. The second-order valence-electron chi connectivity index (χ2n) is 7.41. The zero-order valence-corrected chi connectivity index (χ0v) is 13.0. The molecule has 1 heterocycles. The summed E-state index contributed by atoms with van der Waals surface area (Å²) in [4.78, 5) is 2.41. The van der Waals surface area contributed by atoms with Crippen LogP contribution in [0.4, 0.5) is 0 Å². The molecule has 0 aromatic rings. The van der Waals surface area contributed by atoms with Gasteiger partial charge in [-0.1, -0.05) is 12.8 Å². The van der Waals surface area contributed by atoms with Crippen LogP contribution in [0.25, 0.3) is 0 Å². The Kier molecular flexibility index (Phi) is 4.91. The minimum atomic E-state index is -0.358. The second-order valence-corrected chi connectivity index (χ2v) is 7.41. The lowest BCUT2D eigenvalue weighted by atomic mass is 9.88. The Balaban J connectivity index is 1.70. The molecule has 1 N–H and O–H groups in total. The molecule has 0 spiro atoms. The van der Waals surface area contributed by atoms with Gasteiger partial charge in [-0.15, -0.1) is 0 Å². The first-order chi connectivity index (χ1) is 8.89. The van der Waals surface area contributed by atoms with E-state index in [1.165, 1.54) is 19.3 Å². The molecule has 1 saturated heterocycles. The fourth-order valence-corrected chi connectivity index (χ4v) is 3.73. The fourth-order valence-electron chi connectivity index (χ4n) is 3.73. The van der Waals surface area contributed by atoms with E-state index in [2.05, 4.69) is 25.8 Å². The van der Waals surface area contributed by atoms with E-state index in [0.29, 0.717) is 0 Å². The highest BCUT2D eigenvalue weighted by atomic mass is 16.5. The Hall–Kier alpha value is -0.120. The van der Waals surface area contributed by atoms with Crippen molar-refractivity contribution in [1.82, 2.24) is 4.90 Å². The van der Waals surface area contributed by atoms with Crippen molar-refractivity contribution in [3.63, 3.8) is 0 Å². The summed E-state index contributed by atoms with van der Waals surface area (Å²) in [6.45, 7) is 7.45. The molecule has 0 radical (unpaired) electrons. The van der Waals surface area contributed by atoms with E-state index < -0.39 is 0 Å². The van der Waals surface area contributed by atoms with Gasteiger partial charge in [-0.3, -0.25) is 0 Å². The summed E-state index contributed by atoms with van der Waals surface area (Å²) < 4.78 is 5.78. The van der Waals surface area contributed by atoms with E-state index in [1.54, 1.807) is 0 Å².